The summed E-state index contributed by atoms with van der Waals surface area (Å²) in [4.78, 5) is 13.0. The molecular weight excluding hydrogens is 204 g/mol. The standard InChI is InChI=1S/C13H12OS/c14-12-10-7-4-8-11(10)13(12)15-9-5-2-1-3-6-9/h1-6,8,10-11,13H,7H2/t10-,11+,13+/m1/s1. The van der Waals surface area contributed by atoms with Crippen molar-refractivity contribution in [2.24, 2.45) is 11.8 Å². The van der Waals surface area contributed by atoms with Gasteiger partial charge >= 0.3 is 0 Å². The van der Waals surface area contributed by atoms with Crippen molar-refractivity contribution < 1.29 is 4.79 Å². The summed E-state index contributed by atoms with van der Waals surface area (Å²) < 4.78 is 0. The summed E-state index contributed by atoms with van der Waals surface area (Å²) in [5, 5.41) is 0.177. The van der Waals surface area contributed by atoms with Gasteiger partial charge in [0.1, 0.15) is 0 Å². The number of benzene rings is 1. The number of thioether (sulfide) groups is 1. The zero-order chi connectivity index (χ0) is 10.3. The van der Waals surface area contributed by atoms with Crippen molar-refractivity contribution in [1.29, 1.82) is 0 Å². The number of allylic oxidation sites excluding steroid dienone is 2. The van der Waals surface area contributed by atoms with Crippen molar-refractivity contribution in [1.82, 2.24) is 0 Å². The van der Waals surface area contributed by atoms with Crippen molar-refractivity contribution in [3.8, 4) is 0 Å². The van der Waals surface area contributed by atoms with Gasteiger partial charge < -0.3 is 0 Å². The van der Waals surface area contributed by atoms with Gasteiger partial charge in [-0.15, -0.1) is 11.8 Å². The van der Waals surface area contributed by atoms with Gasteiger partial charge in [-0.1, -0.05) is 30.4 Å². The fraction of sp³-hybridized carbons (Fsp3) is 0.308. The summed E-state index contributed by atoms with van der Waals surface area (Å²) in [5.74, 6) is 1.26. The summed E-state index contributed by atoms with van der Waals surface area (Å²) in [7, 11) is 0. The molecule has 1 nitrogen and oxygen atoms in total. The van der Waals surface area contributed by atoms with Crippen molar-refractivity contribution in [3.63, 3.8) is 0 Å². The van der Waals surface area contributed by atoms with Crippen LogP contribution in [0.2, 0.25) is 0 Å². The van der Waals surface area contributed by atoms with E-state index in [2.05, 4.69) is 24.3 Å². The minimum Gasteiger partial charge on any atom is -0.298 e. The summed E-state index contributed by atoms with van der Waals surface area (Å²) >= 11 is 1.71. The lowest BCUT2D eigenvalue weighted by Gasteiger charge is -2.37. The van der Waals surface area contributed by atoms with E-state index in [0.717, 1.165) is 6.42 Å². The van der Waals surface area contributed by atoms with Crippen molar-refractivity contribution in [2.45, 2.75) is 16.6 Å². The lowest BCUT2D eigenvalue weighted by Crippen LogP contribution is -2.46. The fourth-order valence-electron chi connectivity index (χ4n) is 2.36. The van der Waals surface area contributed by atoms with Crippen LogP contribution in [0, 0.1) is 11.8 Å². The van der Waals surface area contributed by atoms with E-state index in [1.165, 1.54) is 4.90 Å². The van der Waals surface area contributed by atoms with E-state index in [4.69, 9.17) is 0 Å². The Morgan fingerprint density at radius 3 is 2.80 bits per heavy atom. The molecule has 2 heteroatoms. The maximum Gasteiger partial charge on any atom is 0.150 e. The van der Waals surface area contributed by atoms with Crippen molar-refractivity contribution >= 4 is 17.5 Å². The molecule has 0 aliphatic heterocycles. The van der Waals surface area contributed by atoms with Crippen LogP contribution in [0.4, 0.5) is 0 Å². The predicted octanol–water partition coefficient (Wildman–Crippen LogP) is 2.92. The van der Waals surface area contributed by atoms with Gasteiger partial charge in [0.2, 0.25) is 0 Å². The second-order valence-electron chi connectivity index (χ2n) is 4.10. The molecule has 1 fully saturated rings. The molecule has 0 amide bonds. The SMILES string of the molecule is O=C1[C@@H](Sc2ccccc2)[C@H]2C=CC[C@@H]12. The maximum atomic E-state index is 11.8. The monoisotopic (exact) mass is 216 g/mol. The van der Waals surface area contributed by atoms with Gasteiger partial charge in [0, 0.05) is 16.7 Å². The predicted molar refractivity (Wildman–Crippen MR) is 61.8 cm³/mol. The van der Waals surface area contributed by atoms with Crippen LogP contribution in [0.3, 0.4) is 0 Å². The number of carbonyl (C=O) groups excluding carboxylic acids is 1. The van der Waals surface area contributed by atoms with Crippen molar-refractivity contribution in [3.05, 3.63) is 42.5 Å². The van der Waals surface area contributed by atoms with E-state index in [1.54, 1.807) is 11.8 Å². The highest BCUT2D eigenvalue weighted by atomic mass is 32.2. The zero-order valence-corrected chi connectivity index (χ0v) is 9.11. The first-order chi connectivity index (χ1) is 7.36. The number of rotatable bonds is 2. The van der Waals surface area contributed by atoms with Gasteiger partial charge in [-0.05, 0) is 18.6 Å². The third-order valence-corrected chi connectivity index (χ3v) is 4.56. The first-order valence-electron chi connectivity index (χ1n) is 5.28. The van der Waals surface area contributed by atoms with Gasteiger partial charge in [-0.25, -0.2) is 0 Å². The van der Waals surface area contributed by atoms with E-state index in [9.17, 15) is 4.79 Å². The average Bonchev–Trinajstić information content (AvgIpc) is 2.72. The Morgan fingerprint density at radius 1 is 1.20 bits per heavy atom. The van der Waals surface area contributed by atoms with Crippen LogP contribution in [-0.4, -0.2) is 11.0 Å². The van der Waals surface area contributed by atoms with E-state index in [0.29, 0.717) is 17.6 Å². The minimum atomic E-state index is 0.177. The summed E-state index contributed by atoms with van der Waals surface area (Å²) in [5.41, 5.74) is 0. The molecule has 3 rings (SSSR count). The fourth-order valence-corrected chi connectivity index (χ4v) is 3.69. The molecule has 0 radical (unpaired) electrons. The second kappa shape index (κ2) is 3.53. The van der Waals surface area contributed by atoms with Crippen LogP contribution in [-0.2, 0) is 4.79 Å². The second-order valence-corrected chi connectivity index (χ2v) is 5.32. The summed E-state index contributed by atoms with van der Waals surface area (Å²) in [6.45, 7) is 0. The molecule has 0 heterocycles. The maximum absolute atomic E-state index is 11.8. The average molecular weight is 216 g/mol. The van der Waals surface area contributed by atoms with Crippen LogP contribution in [0.15, 0.2) is 47.4 Å². The third kappa shape index (κ3) is 1.44. The number of ketones is 1. The molecule has 0 aromatic heterocycles. The van der Waals surface area contributed by atoms with Crippen LogP contribution in [0.5, 0.6) is 0 Å². The Bertz CT molecular complexity index is 410. The highest BCUT2D eigenvalue weighted by molar-refractivity contribution is 8.00. The largest absolute Gasteiger partial charge is 0.298 e. The molecular formula is C13H12OS. The quantitative estimate of drug-likeness (QED) is 0.707. The Kier molecular flexibility index (Phi) is 2.17. The minimum absolute atomic E-state index is 0.177. The van der Waals surface area contributed by atoms with Gasteiger partial charge in [0.25, 0.3) is 0 Å². The highest BCUT2D eigenvalue weighted by Crippen LogP contribution is 2.47. The Labute approximate surface area is 93.6 Å². The molecule has 3 atom stereocenters. The van der Waals surface area contributed by atoms with Crippen LogP contribution < -0.4 is 0 Å². The lowest BCUT2D eigenvalue weighted by atomic mass is 9.74. The normalized spacial score (nSPS) is 32.5. The number of hydrogen-bond acceptors (Lipinski definition) is 2. The van der Waals surface area contributed by atoms with E-state index in [1.807, 2.05) is 18.2 Å². The number of carbonyl (C=O) groups is 1. The molecule has 2 aliphatic rings. The molecule has 15 heavy (non-hydrogen) atoms. The Morgan fingerprint density at radius 2 is 2.00 bits per heavy atom. The molecule has 0 bridgehead atoms. The summed E-state index contributed by atoms with van der Waals surface area (Å²) in [6, 6.07) is 10.2. The Hall–Kier alpha value is -1.02. The van der Waals surface area contributed by atoms with Crippen LogP contribution in [0.25, 0.3) is 0 Å². The molecule has 1 saturated carbocycles. The number of fused-ring (bicyclic) bond motifs is 1. The molecule has 2 aliphatic carbocycles. The van der Waals surface area contributed by atoms with Crippen molar-refractivity contribution in [2.75, 3.05) is 0 Å². The van der Waals surface area contributed by atoms with E-state index in [-0.39, 0.29) is 5.25 Å². The van der Waals surface area contributed by atoms with Gasteiger partial charge in [0.15, 0.2) is 5.78 Å². The van der Waals surface area contributed by atoms with E-state index >= 15 is 0 Å². The topological polar surface area (TPSA) is 17.1 Å². The van der Waals surface area contributed by atoms with Gasteiger partial charge in [-0.2, -0.15) is 0 Å². The molecule has 76 valence electrons. The smallest absolute Gasteiger partial charge is 0.150 e. The lowest BCUT2D eigenvalue weighted by molar-refractivity contribution is -0.130. The number of hydrogen-bond donors (Lipinski definition) is 0. The number of Topliss-reactive ketones (excluding diaryl/α,β-unsaturated/α-hetero) is 1. The molecule has 0 unspecified atom stereocenters. The first kappa shape index (κ1) is 9.22. The zero-order valence-electron chi connectivity index (χ0n) is 8.30. The summed E-state index contributed by atoms with van der Waals surface area (Å²) in [6.07, 6.45) is 5.33. The first-order valence-corrected chi connectivity index (χ1v) is 6.16. The van der Waals surface area contributed by atoms with Crippen LogP contribution in [0.1, 0.15) is 6.42 Å². The molecule has 1 aromatic rings. The highest BCUT2D eigenvalue weighted by Gasteiger charge is 2.49. The molecule has 1 aromatic carbocycles. The molecule has 0 N–H and O–H groups in total. The van der Waals surface area contributed by atoms with Gasteiger partial charge in [-0.3, -0.25) is 4.79 Å². The van der Waals surface area contributed by atoms with Crippen LogP contribution >= 0.6 is 11.8 Å². The third-order valence-electron chi connectivity index (χ3n) is 3.21. The molecule has 0 spiro atoms. The molecule has 0 saturated heterocycles. The van der Waals surface area contributed by atoms with E-state index < -0.39 is 0 Å². The Balaban J connectivity index is 1.75. The van der Waals surface area contributed by atoms with Gasteiger partial charge in [0.05, 0.1) is 5.25 Å².